The zero-order valence-electron chi connectivity index (χ0n) is 10.8. The Bertz CT molecular complexity index is 584. The first kappa shape index (κ1) is 15.4. The van der Waals surface area contributed by atoms with Gasteiger partial charge in [-0.3, -0.25) is 0 Å². The van der Waals surface area contributed by atoms with E-state index in [1.807, 2.05) is 6.92 Å². The molecule has 0 saturated heterocycles. The van der Waals surface area contributed by atoms with E-state index in [2.05, 4.69) is 0 Å². The van der Waals surface area contributed by atoms with Gasteiger partial charge >= 0.3 is 5.97 Å². The largest absolute Gasteiger partial charge is 0.462 e. The van der Waals surface area contributed by atoms with Crippen molar-refractivity contribution in [3.63, 3.8) is 0 Å². The number of nitrogens with two attached hydrogens (primary N) is 1. The molecule has 7 heteroatoms. The maximum Gasteiger partial charge on any atom is 0.340 e. The summed E-state index contributed by atoms with van der Waals surface area (Å²) in [4.78, 5) is 11.7. The predicted octanol–water partition coefficient (Wildman–Crippen LogP) is 1.52. The van der Waals surface area contributed by atoms with E-state index in [0.29, 0.717) is 6.42 Å². The van der Waals surface area contributed by atoms with Crippen LogP contribution in [0.5, 0.6) is 0 Å². The Morgan fingerprint density at radius 3 is 2.58 bits per heavy atom. The number of hydrogen-bond acceptors (Lipinski definition) is 5. The summed E-state index contributed by atoms with van der Waals surface area (Å²) in [6.45, 7) is 2.01. The standard InChI is InChI=1S/C12H16FNO4S/c1-3-4-18-12(15)10-6-9(13)5-8(11(10)14)7-19(2,16)17/h5-6H,3-4,7,14H2,1-2H3. The fourth-order valence-electron chi connectivity index (χ4n) is 1.52. The van der Waals surface area contributed by atoms with E-state index in [0.717, 1.165) is 18.4 Å². The fourth-order valence-corrected chi connectivity index (χ4v) is 2.32. The summed E-state index contributed by atoms with van der Waals surface area (Å²) in [6.07, 6.45) is 1.63. The third-order valence-corrected chi connectivity index (χ3v) is 3.14. The molecule has 0 unspecified atom stereocenters. The lowest BCUT2D eigenvalue weighted by atomic mass is 10.1. The average molecular weight is 289 g/mol. The van der Waals surface area contributed by atoms with Crippen molar-refractivity contribution in [1.29, 1.82) is 0 Å². The Balaban J connectivity index is 3.16. The van der Waals surface area contributed by atoms with Crippen LogP contribution in [-0.4, -0.2) is 27.2 Å². The topological polar surface area (TPSA) is 86.5 Å². The molecule has 0 spiro atoms. The number of rotatable bonds is 5. The highest BCUT2D eigenvalue weighted by molar-refractivity contribution is 7.89. The maximum absolute atomic E-state index is 13.4. The summed E-state index contributed by atoms with van der Waals surface area (Å²) in [6, 6.07) is 1.95. The van der Waals surface area contributed by atoms with Crippen LogP contribution in [0.3, 0.4) is 0 Å². The van der Waals surface area contributed by atoms with E-state index in [1.165, 1.54) is 0 Å². The van der Waals surface area contributed by atoms with Crippen molar-refractivity contribution in [2.75, 3.05) is 18.6 Å². The molecule has 0 atom stereocenters. The van der Waals surface area contributed by atoms with Crippen LogP contribution in [0.4, 0.5) is 10.1 Å². The molecule has 0 bridgehead atoms. The van der Waals surface area contributed by atoms with Gasteiger partial charge < -0.3 is 10.5 Å². The van der Waals surface area contributed by atoms with Crippen LogP contribution in [0, 0.1) is 5.82 Å². The van der Waals surface area contributed by atoms with Gasteiger partial charge in [0.15, 0.2) is 9.84 Å². The first-order chi connectivity index (χ1) is 8.74. The lowest BCUT2D eigenvalue weighted by Crippen LogP contribution is -2.13. The van der Waals surface area contributed by atoms with Crippen molar-refractivity contribution in [3.8, 4) is 0 Å². The SMILES string of the molecule is CCCOC(=O)c1cc(F)cc(CS(C)(=O)=O)c1N. The minimum absolute atomic E-state index is 0.0611. The second-order valence-electron chi connectivity index (χ2n) is 4.23. The van der Waals surface area contributed by atoms with Gasteiger partial charge in [0.25, 0.3) is 0 Å². The maximum atomic E-state index is 13.4. The van der Waals surface area contributed by atoms with Gasteiger partial charge in [0.05, 0.1) is 23.6 Å². The molecule has 0 aliphatic carbocycles. The smallest absolute Gasteiger partial charge is 0.340 e. The van der Waals surface area contributed by atoms with Crippen LogP contribution in [0.15, 0.2) is 12.1 Å². The second-order valence-corrected chi connectivity index (χ2v) is 6.37. The molecule has 0 heterocycles. The number of carbonyl (C=O) groups excluding carboxylic acids is 1. The van der Waals surface area contributed by atoms with Gasteiger partial charge in [0, 0.05) is 6.26 Å². The molecular formula is C12H16FNO4S. The number of hydrogen-bond donors (Lipinski definition) is 1. The first-order valence-electron chi connectivity index (χ1n) is 5.67. The molecule has 1 aromatic rings. The molecule has 1 rings (SSSR count). The summed E-state index contributed by atoms with van der Waals surface area (Å²) < 4.78 is 40.7. The molecule has 2 N–H and O–H groups in total. The summed E-state index contributed by atoms with van der Waals surface area (Å²) in [5, 5.41) is 0. The Morgan fingerprint density at radius 1 is 1.42 bits per heavy atom. The molecule has 5 nitrogen and oxygen atoms in total. The van der Waals surface area contributed by atoms with Gasteiger partial charge in [-0.2, -0.15) is 0 Å². The zero-order valence-corrected chi connectivity index (χ0v) is 11.6. The lowest BCUT2D eigenvalue weighted by Gasteiger charge is -2.10. The highest BCUT2D eigenvalue weighted by Gasteiger charge is 2.18. The number of sulfone groups is 1. The van der Waals surface area contributed by atoms with Gasteiger partial charge in [-0.25, -0.2) is 17.6 Å². The Kier molecular flexibility index (Phi) is 4.88. The minimum Gasteiger partial charge on any atom is -0.462 e. The van der Waals surface area contributed by atoms with E-state index in [-0.39, 0.29) is 23.4 Å². The highest BCUT2D eigenvalue weighted by atomic mass is 32.2. The van der Waals surface area contributed by atoms with Gasteiger partial charge in [-0.1, -0.05) is 6.92 Å². The van der Waals surface area contributed by atoms with Gasteiger partial charge in [-0.05, 0) is 24.1 Å². The molecule has 1 aromatic carbocycles. The van der Waals surface area contributed by atoms with Crippen molar-refractivity contribution < 1.29 is 22.3 Å². The molecule has 0 saturated carbocycles. The lowest BCUT2D eigenvalue weighted by molar-refractivity contribution is 0.0505. The summed E-state index contributed by atoms with van der Waals surface area (Å²) >= 11 is 0. The van der Waals surface area contributed by atoms with Gasteiger partial charge in [-0.15, -0.1) is 0 Å². The monoisotopic (exact) mass is 289 g/mol. The number of esters is 1. The number of benzene rings is 1. The summed E-state index contributed by atoms with van der Waals surface area (Å²) in [7, 11) is -3.37. The molecule has 0 aliphatic heterocycles. The Hall–Kier alpha value is -1.63. The molecule has 0 amide bonds. The predicted molar refractivity (Wildman–Crippen MR) is 69.9 cm³/mol. The van der Waals surface area contributed by atoms with Crippen molar-refractivity contribution in [1.82, 2.24) is 0 Å². The normalized spacial score (nSPS) is 11.3. The highest BCUT2D eigenvalue weighted by Crippen LogP contribution is 2.22. The van der Waals surface area contributed by atoms with Crippen LogP contribution >= 0.6 is 0 Å². The quantitative estimate of drug-likeness (QED) is 0.656. The Morgan fingerprint density at radius 2 is 2.05 bits per heavy atom. The summed E-state index contributed by atoms with van der Waals surface area (Å²) in [5.74, 6) is -1.91. The number of nitrogen functional groups attached to an aromatic ring is 1. The van der Waals surface area contributed by atoms with E-state index in [9.17, 15) is 17.6 Å². The molecule has 0 aromatic heterocycles. The van der Waals surface area contributed by atoms with Crippen LogP contribution < -0.4 is 5.73 Å². The van der Waals surface area contributed by atoms with Crippen LogP contribution in [0.25, 0.3) is 0 Å². The number of ether oxygens (including phenoxy) is 1. The van der Waals surface area contributed by atoms with Crippen molar-refractivity contribution in [2.24, 2.45) is 0 Å². The van der Waals surface area contributed by atoms with Crippen LogP contribution in [-0.2, 0) is 20.3 Å². The van der Waals surface area contributed by atoms with Crippen LogP contribution in [0.1, 0.15) is 29.3 Å². The van der Waals surface area contributed by atoms with E-state index in [1.54, 1.807) is 0 Å². The van der Waals surface area contributed by atoms with Crippen molar-refractivity contribution in [2.45, 2.75) is 19.1 Å². The number of anilines is 1. The molecule has 106 valence electrons. The van der Waals surface area contributed by atoms with Gasteiger partial charge in [0.1, 0.15) is 5.82 Å². The third kappa shape index (κ3) is 4.51. The van der Waals surface area contributed by atoms with Crippen LogP contribution in [0.2, 0.25) is 0 Å². The Labute approximate surface area is 111 Å². The summed E-state index contributed by atoms with van der Waals surface area (Å²) in [5.41, 5.74) is 5.55. The van der Waals surface area contributed by atoms with Gasteiger partial charge in [0.2, 0.25) is 0 Å². The minimum atomic E-state index is -3.37. The van der Waals surface area contributed by atoms with Crippen molar-refractivity contribution in [3.05, 3.63) is 29.1 Å². The molecule has 0 radical (unpaired) electrons. The third-order valence-electron chi connectivity index (χ3n) is 2.31. The molecule has 19 heavy (non-hydrogen) atoms. The van der Waals surface area contributed by atoms with E-state index in [4.69, 9.17) is 10.5 Å². The first-order valence-corrected chi connectivity index (χ1v) is 7.73. The second kappa shape index (κ2) is 6.01. The van der Waals surface area contributed by atoms with E-state index >= 15 is 0 Å². The molecule has 0 fully saturated rings. The zero-order chi connectivity index (χ0) is 14.6. The number of halogens is 1. The van der Waals surface area contributed by atoms with E-state index < -0.39 is 27.4 Å². The number of carbonyl (C=O) groups is 1. The molecule has 0 aliphatic rings. The average Bonchev–Trinajstić information content (AvgIpc) is 2.28. The fraction of sp³-hybridized carbons (Fsp3) is 0.417. The molecular weight excluding hydrogens is 273 g/mol. The van der Waals surface area contributed by atoms with Crippen molar-refractivity contribution >= 4 is 21.5 Å².